The van der Waals surface area contributed by atoms with Crippen molar-refractivity contribution in [2.45, 2.75) is 117 Å². The van der Waals surface area contributed by atoms with Crippen molar-refractivity contribution in [3.63, 3.8) is 0 Å². The molecule has 0 aliphatic heterocycles. The fraction of sp³-hybridized carbons (Fsp3) is 0.864. The van der Waals surface area contributed by atoms with E-state index in [1.54, 1.807) is 0 Å². The molecule has 1 unspecified atom stereocenters. The van der Waals surface area contributed by atoms with Crippen molar-refractivity contribution in [1.82, 2.24) is 0 Å². The molecule has 0 amide bonds. The van der Waals surface area contributed by atoms with Crippen LogP contribution in [0, 0.1) is 5.92 Å². The molecule has 1 N–H and O–H groups in total. The van der Waals surface area contributed by atoms with E-state index in [0.29, 0.717) is 6.42 Å². The predicted molar refractivity (Wildman–Crippen MR) is 105 cm³/mol. The molecule has 0 bridgehead atoms. The van der Waals surface area contributed by atoms with E-state index in [9.17, 15) is 9.90 Å². The van der Waals surface area contributed by atoms with Crippen LogP contribution in [0.1, 0.15) is 117 Å². The molecule has 0 fully saturated rings. The first kappa shape index (κ1) is 23.2. The van der Waals surface area contributed by atoms with E-state index in [0.717, 1.165) is 18.4 Å². The lowest BCUT2D eigenvalue weighted by molar-refractivity contribution is -0.142. The van der Waals surface area contributed by atoms with Gasteiger partial charge in [-0.1, -0.05) is 102 Å². The second kappa shape index (κ2) is 17.0. The van der Waals surface area contributed by atoms with Gasteiger partial charge in [0.2, 0.25) is 0 Å². The Morgan fingerprint density at radius 1 is 0.792 bits per heavy atom. The Hall–Kier alpha value is -0.790. The summed E-state index contributed by atoms with van der Waals surface area (Å²) in [6, 6.07) is 0. The van der Waals surface area contributed by atoms with Crippen LogP contribution < -0.4 is 0 Å². The molecule has 0 aromatic heterocycles. The molecule has 1 atom stereocenters. The van der Waals surface area contributed by atoms with Gasteiger partial charge in [0.1, 0.15) is 0 Å². The minimum absolute atomic E-state index is 0.222. The van der Waals surface area contributed by atoms with E-state index < -0.39 is 5.97 Å². The minimum Gasteiger partial charge on any atom is -0.481 e. The predicted octanol–water partition coefficient (Wildman–Crippen LogP) is 7.52. The molecule has 0 aromatic rings. The molecule has 2 nitrogen and oxygen atoms in total. The molecular formula is C22H42O2. The minimum atomic E-state index is -0.660. The number of hydrogen-bond acceptors (Lipinski definition) is 1. The van der Waals surface area contributed by atoms with Crippen LogP contribution in [0.2, 0.25) is 0 Å². The Kier molecular flexibility index (Phi) is 16.5. The number of unbranched alkanes of at least 4 members (excludes halogenated alkanes) is 13. The molecule has 0 saturated heterocycles. The molecule has 0 aromatic carbocycles. The zero-order valence-electron chi connectivity index (χ0n) is 16.5. The molecule has 0 heterocycles. The molecule has 2 heteroatoms. The van der Waals surface area contributed by atoms with Crippen molar-refractivity contribution in [2.24, 2.45) is 5.92 Å². The highest BCUT2D eigenvalue weighted by molar-refractivity contribution is 5.70. The summed E-state index contributed by atoms with van der Waals surface area (Å²) < 4.78 is 0. The van der Waals surface area contributed by atoms with Crippen LogP contribution in [0.4, 0.5) is 0 Å². The SMILES string of the molecule is C=C(C)CC(CCCCCCCCCCCCCCCC)C(=O)O. The molecule has 0 spiro atoms. The van der Waals surface area contributed by atoms with Gasteiger partial charge in [-0.2, -0.15) is 0 Å². The molecule has 0 saturated carbocycles. The first-order valence-corrected chi connectivity index (χ1v) is 10.4. The van der Waals surface area contributed by atoms with Gasteiger partial charge < -0.3 is 5.11 Å². The summed E-state index contributed by atoms with van der Waals surface area (Å²) in [5.74, 6) is -0.882. The number of rotatable bonds is 18. The van der Waals surface area contributed by atoms with Gasteiger partial charge in [-0.05, 0) is 19.8 Å². The summed E-state index contributed by atoms with van der Waals surface area (Å²) in [6.07, 6.45) is 20.2. The summed E-state index contributed by atoms with van der Waals surface area (Å²) in [4.78, 5) is 11.2. The highest BCUT2D eigenvalue weighted by Crippen LogP contribution is 2.19. The average molecular weight is 339 g/mol. The summed E-state index contributed by atoms with van der Waals surface area (Å²) in [5.41, 5.74) is 0.979. The van der Waals surface area contributed by atoms with Gasteiger partial charge in [0, 0.05) is 0 Å². The zero-order chi connectivity index (χ0) is 18.0. The Labute approximate surface area is 151 Å². The maximum atomic E-state index is 11.2. The standard InChI is InChI=1S/C22H42O2/c1-4-5-6-7-8-9-10-11-12-13-14-15-16-17-18-21(22(23)24)19-20(2)3/h21H,2,4-19H2,1,3H3,(H,23,24). The number of carboxylic acids is 1. The van der Waals surface area contributed by atoms with E-state index in [1.165, 1.54) is 83.5 Å². The van der Waals surface area contributed by atoms with E-state index in [4.69, 9.17) is 0 Å². The quantitative estimate of drug-likeness (QED) is 0.207. The maximum Gasteiger partial charge on any atom is 0.306 e. The van der Waals surface area contributed by atoms with Crippen molar-refractivity contribution in [3.8, 4) is 0 Å². The molecule has 24 heavy (non-hydrogen) atoms. The largest absolute Gasteiger partial charge is 0.481 e. The van der Waals surface area contributed by atoms with Crippen LogP contribution in [0.3, 0.4) is 0 Å². The third-order valence-corrected chi connectivity index (χ3v) is 4.85. The molecule has 0 aliphatic carbocycles. The van der Waals surface area contributed by atoms with E-state index >= 15 is 0 Å². The first-order valence-electron chi connectivity index (χ1n) is 10.4. The summed E-state index contributed by atoms with van der Waals surface area (Å²) in [5, 5.41) is 9.18. The summed E-state index contributed by atoms with van der Waals surface area (Å²) >= 11 is 0. The second-order valence-electron chi connectivity index (χ2n) is 7.58. The number of carboxylic acid groups (broad SMARTS) is 1. The van der Waals surface area contributed by atoms with Crippen molar-refractivity contribution >= 4 is 5.97 Å². The Morgan fingerprint density at radius 3 is 1.50 bits per heavy atom. The Morgan fingerprint density at radius 2 is 1.17 bits per heavy atom. The number of allylic oxidation sites excluding steroid dienone is 1. The van der Waals surface area contributed by atoms with E-state index in [-0.39, 0.29) is 5.92 Å². The fourth-order valence-corrected chi connectivity index (χ4v) is 3.32. The smallest absolute Gasteiger partial charge is 0.306 e. The van der Waals surface area contributed by atoms with Crippen molar-refractivity contribution in [3.05, 3.63) is 12.2 Å². The lowest BCUT2D eigenvalue weighted by atomic mass is 9.94. The highest BCUT2D eigenvalue weighted by atomic mass is 16.4. The monoisotopic (exact) mass is 338 g/mol. The van der Waals surface area contributed by atoms with Crippen LogP contribution in [0.5, 0.6) is 0 Å². The van der Waals surface area contributed by atoms with Crippen molar-refractivity contribution < 1.29 is 9.90 Å². The van der Waals surface area contributed by atoms with Gasteiger partial charge in [-0.3, -0.25) is 4.79 Å². The van der Waals surface area contributed by atoms with Gasteiger partial charge >= 0.3 is 5.97 Å². The van der Waals surface area contributed by atoms with Gasteiger partial charge in [-0.25, -0.2) is 0 Å². The van der Waals surface area contributed by atoms with Crippen LogP contribution in [-0.2, 0) is 4.79 Å². The highest BCUT2D eigenvalue weighted by Gasteiger charge is 2.16. The average Bonchev–Trinajstić information content (AvgIpc) is 2.53. The van der Waals surface area contributed by atoms with Crippen LogP contribution in [0.15, 0.2) is 12.2 Å². The van der Waals surface area contributed by atoms with Gasteiger partial charge in [0.15, 0.2) is 0 Å². The third-order valence-electron chi connectivity index (χ3n) is 4.85. The van der Waals surface area contributed by atoms with Gasteiger partial charge in [0.25, 0.3) is 0 Å². The fourth-order valence-electron chi connectivity index (χ4n) is 3.32. The summed E-state index contributed by atoms with van der Waals surface area (Å²) in [7, 11) is 0. The number of carbonyl (C=O) groups is 1. The topological polar surface area (TPSA) is 37.3 Å². The lowest BCUT2D eigenvalue weighted by Gasteiger charge is -2.11. The molecular weight excluding hydrogens is 296 g/mol. The Balaban J connectivity index is 3.30. The number of aliphatic carboxylic acids is 1. The summed E-state index contributed by atoms with van der Waals surface area (Å²) in [6.45, 7) is 8.02. The van der Waals surface area contributed by atoms with Crippen LogP contribution >= 0.6 is 0 Å². The number of hydrogen-bond donors (Lipinski definition) is 1. The second-order valence-corrected chi connectivity index (χ2v) is 7.58. The Bertz CT molecular complexity index is 309. The van der Waals surface area contributed by atoms with Crippen LogP contribution in [-0.4, -0.2) is 11.1 Å². The first-order chi connectivity index (χ1) is 11.6. The van der Waals surface area contributed by atoms with Crippen LogP contribution in [0.25, 0.3) is 0 Å². The van der Waals surface area contributed by atoms with E-state index in [2.05, 4.69) is 13.5 Å². The maximum absolute atomic E-state index is 11.2. The van der Waals surface area contributed by atoms with Crippen molar-refractivity contribution in [2.75, 3.05) is 0 Å². The van der Waals surface area contributed by atoms with Gasteiger partial charge in [-0.15, -0.1) is 6.58 Å². The normalized spacial score (nSPS) is 12.2. The molecule has 0 radical (unpaired) electrons. The molecule has 0 rings (SSSR count). The third kappa shape index (κ3) is 16.1. The molecule has 142 valence electrons. The van der Waals surface area contributed by atoms with Gasteiger partial charge in [0.05, 0.1) is 5.92 Å². The zero-order valence-corrected chi connectivity index (χ0v) is 16.5. The lowest BCUT2D eigenvalue weighted by Crippen LogP contribution is -2.13. The molecule has 0 aliphatic rings. The van der Waals surface area contributed by atoms with E-state index in [1.807, 2.05) is 6.92 Å². The van der Waals surface area contributed by atoms with Crippen molar-refractivity contribution in [1.29, 1.82) is 0 Å².